The van der Waals surface area contributed by atoms with Crippen LogP contribution in [0.1, 0.15) is 20.3 Å². The highest BCUT2D eigenvalue weighted by Gasteiger charge is 2.10. The number of carbonyl (C=O) groups is 1. The second-order valence-corrected chi connectivity index (χ2v) is 6.42. The highest BCUT2D eigenvalue weighted by molar-refractivity contribution is 9.10. The summed E-state index contributed by atoms with van der Waals surface area (Å²) in [4.78, 5) is 15.9. The Labute approximate surface area is 118 Å². The number of rotatable bonds is 3. The van der Waals surface area contributed by atoms with E-state index >= 15 is 0 Å². The first kappa shape index (κ1) is 13.3. The maximum Gasteiger partial charge on any atom is 0.224 e. The van der Waals surface area contributed by atoms with Crippen molar-refractivity contribution in [3.63, 3.8) is 0 Å². The molecule has 0 saturated heterocycles. The zero-order valence-corrected chi connectivity index (χ0v) is 12.6. The third kappa shape index (κ3) is 3.00. The number of hydrogen-bond acceptors (Lipinski definition) is 4. The van der Waals surface area contributed by atoms with Gasteiger partial charge in [0, 0.05) is 16.6 Å². The summed E-state index contributed by atoms with van der Waals surface area (Å²) in [5.74, 6) is 0.366. The zero-order valence-electron chi connectivity index (χ0n) is 10.2. The van der Waals surface area contributed by atoms with Crippen LogP contribution in [0.5, 0.6) is 0 Å². The van der Waals surface area contributed by atoms with Crippen molar-refractivity contribution in [1.82, 2.24) is 4.98 Å². The van der Waals surface area contributed by atoms with Crippen LogP contribution in [-0.4, -0.2) is 10.9 Å². The molecule has 1 amide bonds. The van der Waals surface area contributed by atoms with Crippen LogP contribution in [-0.2, 0) is 4.79 Å². The second kappa shape index (κ2) is 5.24. The fourth-order valence-electron chi connectivity index (χ4n) is 1.66. The smallest absolute Gasteiger partial charge is 0.224 e. The van der Waals surface area contributed by atoms with Crippen LogP contribution in [0.15, 0.2) is 16.6 Å². The number of nitrogen functional groups attached to an aromatic ring is 1. The average molecular weight is 328 g/mol. The minimum absolute atomic E-state index is 0.0220. The van der Waals surface area contributed by atoms with Gasteiger partial charge in [0.25, 0.3) is 0 Å². The lowest BCUT2D eigenvalue weighted by atomic mass is 10.1. The first-order valence-corrected chi connectivity index (χ1v) is 7.22. The molecule has 6 heteroatoms. The van der Waals surface area contributed by atoms with Gasteiger partial charge >= 0.3 is 0 Å². The molecule has 0 unspecified atom stereocenters. The van der Waals surface area contributed by atoms with E-state index in [1.165, 1.54) is 11.3 Å². The molecule has 0 aliphatic carbocycles. The Hall–Kier alpha value is -1.14. The molecular formula is C12H14BrN3OS. The number of nitrogens with two attached hydrogens (primary N) is 1. The molecule has 0 spiro atoms. The van der Waals surface area contributed by atoms with Crippen molar-refractivity contribution in [2.24, 2.45) is 5.92 Å². The van der Waals surface area contributed by atoms with Gasteiger partial charge in [-0.3, -0.25) is 4.79 Å². The molecule has 96 valence electrons. The van der Waals surface area contributed by atoms with E-state index in [0.29, 0.717) is 17.5 Å². The summed E-state index contributed by atoms with van der Waals surface area (Å²) in [7, 11) is 0. The fraction of sp³-hybridized carbons (Fsp3) is 0.333. The van der Waals surface area contributed by atoms with E-state index in [1.807, 2.05) is 26.0 Å². The predicted molar refractivity (Wildman–Crippen MR) is 79.8 cm³/mol. The Bertz CT molecular complexity index is 594. The SMILES string of the molecule is CC(C)CC(=O)Nc1cc(Br)c2nc(N)sc2c1. The van der Waals surface area contributed by atoms with Gasteiger partial charge in [0.15, 0.2) is 5.13 Å². The van der Waals surface area contributed by atoms with E-state index in [-0.39, 0.29) is 5.91 Å². The molecule has 1 aromatic carbocycles. The van der Waals surface area contributed by atoms with Gasteiger partial charge in [-0.1, -0.05) is 25.2 Å². The second-order valence-electron chi connectivity index (χ2n) is 4.50. The number of benzene rings is 1. The first-order valence-electron chi connectivity index (χ1n) is 5.61. The van der Waals surface area contributed by atoms with Gasteiger partial charge in [-0.15, -0.1) is 0 Å². The molecule has 18 heavy (non-hydrogen) atoms. The topological polar surface area (TPSA) is 68.0 Å². The molecule has 0 aliphatic rings. The highest BCUT2D eigenvalue weighted by Crippen LogP contribution is 2.32. The third-order valence-corrected chi connectivity index (χ3v) is 3.78. The number of halogens is 1. The average Bonchev–Trinajstić information content (AvgIpc) is 2.57. The quantitative estimate of drug-likeness (QED) is 0.904. The van der Waals surface area contributed by atoms with Gasteiger partial charge in [0.1, 0.15) is 0 Å². The molecule has 2 aromatic rings. The van der Waals surface area contributed by atoms with Crippen molar-refractivity contribution in [3.8, 4) is 0 Å². The van der Waals surface area contributed by atoms with Crippen molar-refractivity contribution in [1.29, 1.82) is 0 Å². The van der Waals surface area contributed by atoms with Crippen LogP contribution in [0.3, 0.4) is 0 Å². The summed E-state index contributed by atoms with van der Waals surface area (Å²) in [5.41, 5.74) is 7.28. The Kier molecular flexibility index (Phi) is 3.87. The minimum atomic E-state index is 0.0220. The third-order valence-electron chi connectivity index (χ3n) is 2.34. The molecule has 0 bridgehead atoms. The van der Waals surface area contributed by atoms with Gasteiger partial charge in [-0.25, -0.2) is 4.98 Å². The van der Waals surface area contributed by atoms with Crippen molar-refractivity contribution >= 4 is 54.2 Å². The molecule has 2 rings (SSSR count). The summed E-state index contributed by atoms with van der Waals surface area (Å²) >= 11 is 4.85. The first-order chi connectivity index (χ1) is 8.45. The Morgan fingerprint density at radius 1 is 1.56 bits per heavy atom. The molecule has 1 heterocycles. The summed E-state index contributed by atoms with van der Waals surface area (Å²) in [6.45, 7) is 4.03. The molecule has 1 aromatic heterocycles. The lowest BCUT2D eigenvalue weighted by Gasteiger charge is -2.07. The Morgan fingerprint density at radius 2 is 2.28 bits per heavy atom. The van der Waals surface area contributed by atoms with Crippen molar-refractivity contribution < 1.29 is 4.79 Å². The summed E-state index contributed by atoms with van der Waals surface area (Å²) < 4.78 is 1.80. The molecule has 4 nitrogen and oxygen atoms in total. The molecular weight excluding hydrogens is 314 g/mol. The lowest BCUT2D eigenvalue weighted by molar-refractivity contribution is -0.116. The Morgan fingerprint density at radius 3 is 2.94 bits per heavy atom. The van der Waals surface area contributed by atoms with Crippen LogP contribution in [0.25, 0.3) is 10.2 Å². The summed E-state index contributed by atoms with van der Waals surface area (Å²) in [6.07, 6.45) is 0.514. The highest BCUT2D eigenvalue weighted by atomic mass is 79.9. The minimum Gasteiger partial charge on any atom is -0.375 e. The van der Waals surface area contributed by atoms with Gasteiger partial charge in [0.2, 0.25) is 5.91 Å². The van der Waals surface area contributed by atoms with E-state index in [9.17, 15) is 4.79 Å². The number of hydrogen-bond donors (Lipinski definition) is 2. The molecule has 0 radical (unpaired) electrons. The van der Waals surface area contributed by atoms with Crippen LogP contribution in [0.2, 0.25) is 0 Å². The molecule has 3 N–H and O–H groups in total. The molecule has 0 fully saturated rings. The van der Waals surface area contributed by atoms with E-state index in [0.717, 1.165) is 20.4 Å². The normalized spacial score (nSPS) is 11.1. The number of aromatic nitrogens is 1. The van der Waals surface area contributed by atoms with Crippen molar-refractivity contribution in [2.45, 2.75) is 20.3 Å². The van der Waals surface area contributed by atoms with E-state index in [4.69, 9.17) is 5.73 Å². The van der Waals surface area contributed by atoms with Gasteiger partial charge in [0.05, 0.1) is 10.2 Å². The number of amides is 1. The molecule has 0 saturated carbocycles. The number of fused-ring (bicyclic) bond motifs is 1. The lowest BCUT2D eigenvalue weighted by Crippen LogP contribution is -2.13. The largest absolute Gasteiger partial charge is 0.375 e. The number of thiazole rings is 1. The number of anilines is 2. The summed E-state index contributed by atoms with van der Waals surface area (Å²) in [5, 5.41) is 3.41. The van der Waals surface area contributed by atoms with Crippen LogP contribution in [0, 0.1) is 5.92 Å². The van der Waals surface area contributed by atoms with Crippen molar-refractivity contribution in [3.05, 3.63) is 16.6 Å². The predicted octanol–water partition coefficient (Wildman–Crippen LogP) is 3.63. The number of nitrogens with one attached hydrogen (secondary N) is 1. The monoisotopic (exact) mass is 327 g/mol. The number of nitrogens with zero attached hydrogens (tertiary/aromatic N) is 1. The molecule has 0 atom stereocenters. The van der Waals surface area contributed by atoms with E-state index in [2.05, 4.69) is 26.2 Å². The van der Waals surface area contributed by atoms with Gasteiger partial charge in [-0.05, 0) is 34.0 Å². The van der Waals surface area contributed by atoms with Gasteiger partial charge in [-0.2, -0.15) is 0 Å². The molecule has 0 aliphatic heterocycles. The van der Waals surface area contributed by atoms with E-state index in [1.54, 1.807) is 0 Å². The number of carbonyl (C=O) groups excluding carboxylic acids is 1. The maximum absolute atomic E-state index is 11.7. The standard InChI is InChI=1S/C12H14BrN3OS/c1-6(2)3-10(17)15-7-4-8(13)11-9(5-7)18-12(14)16-11/h4-6H,3H2,1-2H3,(H2,14,16)(H,15,17). The van der Waals surface area contributed by atoms with Crippen LogP contribution in [0.4, 0.5) is 10.8 Å². The van der Waals surface area contributed by atoms with E-state index < -0.39 is 0 Å². The van der Waals surface area contributed by atoms with Crippen LogP contribution < -0.4 is 11.1 Å². The van der Waals surface area contributed by atoms with Crippen molar-refractivity contribution in [2.75, 3.05) is 11.1 Å². The van der Waals surface area contributed by atoms with Gasteiger partial charge < -0.3 is 11.1 Å². The fourth-order valence-corrected chi connectivity index (χ4v) is 3.14. The van der Waals surface area contributed by atoms with Crippen LogP contribution >= 0.6 is 27.3 Å². The maximum atomic E-state index is 11.7. The Balaban J connectivity index is 2.26. The summed E-state index contributed by atoms with van der Waals surface area (Å²) in [6, 6.07) is 3.74. The zero-order chi connectivity index (χ0) is 13.3.